The Kier molecular flexibility index (Phi) is 5.98. The van der Waals surface area contributed by atoms with Gasteiger partial charge in [-0.2, -0.15) is 0 Å². The summed E-state index contributed by atoms with van der Waals surface area (Å²) in [4.78, 5) is 17.0. The second kappa shape index (κ2) is 8.19. The van der Waals surface area contributed by atoms with Crippen LogP contribution in [-0.2, 0) is 16.1 Å². The lowest BCUT2D eigenvalue weighted by atomic mass is 9.95. The van der Waals surface area contributed by atoms with Crippen molar-refractivity contribution in [1.82, 2.24) is 9.80 Å². The maximum Gasteiger partial charge on any atom is 0.227 e. The number of methoxy groups -OCH3 is 1. The standard InChI is InChI=1S/C18H25ClN2O3/c1-23-17-5-4-16(19)11-15(17)13-20-6-2-3-14(12-20)18(22)21-7-9-24-10-8-21/h4-5,11,14H,2-3,6-10,12-13H2,1H3/t14-/m1/s1. The third-order valence-electron chi connectivity index (χ3n) is 4.81. The molecule has 0 aromatic heterocycles. The Bertz CT molecular complexity index is 575. The Morgan fingerprint density at radius 3 is 2.88 bits per heavy atom. The number of nitrogens with zero attached hydrogens (tertiary/aromatic N) is 2. The normalized spacial score (nSPS) is 22.4. The van der Waals surface area contributed by atoms with Gasteiger partial charge < -0.3 is 14.4 Å². The number of piperidine rings is 1. The number of carbonyl (C=O) groups is 1. The zero-order chi connectivity index (χ0) is 16.9. The first kappa shape index (κ1) is 17.5. The number of hydrogen-bond donors (Lipinski definition) is 0. The van der Waals surface area contributed by atoms with Crippen LogP contribution in [0.3, 0.4) is 0 Å². The molecule has 1 amide bonds. The van der Waals surface area contributed by atoms with Crippen LogP contribution in [0.5, 0.6) is 5.75 Å². The molecule has 3 rings (SSSR count). The molecule has 2 heterocycles. The first-order chi connectivity index (χ1) is 11.7. The number of likely N-dealkylation sites (tertiary alicyclic amines) is 1. The third-order valence-corrected chi connectivity index (χ3v) is 5.05. The summed E-state index contributed by atoms with van der Waals surface area (Å²) in [5.41, 5.74) is 1.07. The van der Waals surface area contributed by atoms with Gasteiger partial charge in [0.25, 0.3) is 0 Å². The van der Waals surface area contributed by atoms with Gasteiger partial charge in [-0.3, -0.25) is 9.69 Å². The summed E-state index contributed by atoms with van der Waals surface area (Å²) < 4.78 is 10.8. The summed E-state index contributed by atoms with van der Waals surface area (Å²) in [7, 11) is 1.67. The number of morpholine rings is 1. The number of amides is 1. The molecule has 5 nitrogen and oxygen atoms in total. The van der Waals surface area contributed by atoms with E-state index in [1.165, 1.54) is 0 Å². The van der Waals surface area contributed by atoms with Crippen LogP contribution in [0.1, 0.15) is 18.4 Å². The number of ether oxygens (including phenoxy) is 2. The first-order valence-corrected chi connectivity index (χ1v) is 8.96. The minimum Gasteiger partial charge on any atom is -0.496 e. The zero-order valence-corrected chi connectivity index (χ0v) is 14.9. The lowest BCUT2D eigenvalue weighted by Crippen LogP contribution is -2.48. The largest absolute Gasteiger partial charge is 0.496 e. The highest BCUT2D eigenvalue weighted by atomic mass is 35.5. The molecule has 6 heteroatoms. The van der Waals surface area contributed by atoms with E-state index < -0.39 is 0 Å². The molecule has 2 fully saturated rings. The van der Waals surface area contributed by atoms with E-state index in [0.29, 0.717) is 18.2 Å². The van der Waals surface area contributed by atoms with Crippen LogP contribution in [0, 0.1) is 5.92 Å². The van der Waals surface area contributed by atoms with Crippen LogP contribution < -0.4 is 4.74 Å². The molecule has 1 aromatic carbocycles. The van der Waals surface area contributed by atoms with E-state index in [1.54, 1.807) is 7.11 Å². The molecule has 0 saturated carbocycles. The summed E-state index contributed by atoms with van der Waals surface area (Å²) >= 11 is 6.13. The summed E-state index contributed by atoms with van der Waals surface area (Å²) in [6.45, 7) is 5.31. The molecule has 132 valence electrons. The molecule has 0 spiro atoms. The molecule has 1 atom stereocenters. The highest BCUT2D eigenvalue weighted by molar-refractivity contribution is 6.30. The van der Waals surface area contributed by atoms with Crippen LogP contribution >= 0.6 is 11.6 Å². The molecule has 0 bridgehead atoms. The van der Waals surface area contributed by atoms with Crippen LogP contribution in [0.25, 0.3) is 0 Å². The van der Waals surface area contributed by atoms with Gasteiger partial charge in [-0.05, 0) is 37.6 Å². The van der Waals surface area contributed by atoms with Gasteiger partial charge in [-0.25, -0.2) is 0 Å². The molecule has 0 N–H and O–H groups in total. The van der Waals surface area contributed by atoms with Crippen molar-refractivity contribution in [3.05, 3.63) is 28.8 Å². The van der Waals surface area contributed by atoms with Gasteiger partial charge in [0.1, 0.15) is 5.75 Å². The van der Waals surface area contributed by atoms with E-state index in [4.69, 9.17) is 21.1 Å². The smallest absolute Gasteiger partial charge is 0.227 e. The average molecular weight is 353 g/mol. The van der Waals surface area contributed by atoms with E-state index in [-0.39, 0.29) is 11.8 Å². The van der Waals surface area contributed by atoms with Gasteiger partial charge in [0.05, 0.1) is 26.2 Å². The Morgan fingerprint density at radius 1 is 1.33 bits per heavy atom. The van der Waals surface area contributed by atoms with Crippen molar-refractivity contribution in [2.24, 2.45) is 5.92 Å². The maximum absolute atomic E-state index is 12.7. The summed E-state index contributed by atoms with van der Waals surface area (Å²) in [6.07, 6.45) is 2.02. The van der Waals surface area contributed by atoms with Gasteiger partial charge in [0.15, 0.2) is 0 Å². The minimum absolute atomic E-state index is 0.0852. The molecule has 2 aliphatic rings. The summed E-state index contributed by atoms with van der Waals surface area (Å²) in [5, 5.41) is 0.712. The lowest BCUT2D eigenvalue weighted by molar-refractivity contribution is -0.141. The second-order valence-corrected chi connectivity index (χ2v) is 6.90. The number of hydrogen-bond acceptors (Lipinski definition) is 4. The van der Waals surface area contributed by atoms with Crippen LogP contribution in [-0.4, -0.2) is 62.2 Å². The number of carbonyl (C=O) groups excluding carboxylic acids is 1. The Labute approximate surface area is 148 Å². The molecule has 2 aliphatic heterocycles. The quantitative estimate of drug-likeness (QED) is 0.834. The Morgan fingerprint density at radius 2 is 2.12 bits per heavy atom. The van der Waals surface area contributed by atoms with Crippen molar-refractivity contribution in [2.45, 2.75) is 19.4 Å². The highest BCUT2D eigenvalue weighted by Gasteiger charge is 2.30. The van der Waals surface area contributed by atoms with Crippen molar-refractivity contribution >= 4 is 17.5 Å². The van der Waals surface area contributed by atoms with Crippen molar-refractivity contribution in [2.75, 3.05) is 46.5 Å². The van der Waals surface area contributed by atoms with Gasteiger partial charge in [0, 0.05) is 36.8 Å². The molecule has 0 aliphatic carbocycles. The minimum atomic E-state index is 0.0852. The highest BCUT2D eigenvalue weighted by Crippen LogP contribution is 2.27. The second-order valence-electron chi connectivity index (χ2n) is 6.47. The van der Waals surface area contributed by atoms with Gasteiger partial charge >= 0.3 is 0 Å². The summed E-state index contributed by atoms with van der Waals surface area (Å²) in [6, 6.07) is 5.69. The van der Waals surface area contributed by atoms with Crippen molar-refractivity contribution < 1.29 is 14.3 Å². The number of rotatable bonds is 4. The molecular weight excluding hydrogens is 328 g/mol. The third kappa shape index (κ3) is 4.21. The van der Waals surface area contributed by atoms with E-state index in [1.807, 2.05) is 23.1 Å². The van der Waals surface area contributed by atoms with Crippen LogP contribution in [0.15, 0.2) is 18.2 Å². The average Bonchev–Trinajstić information content (AvgIpc) is 2.62. The van der Waals surface area contributed by atoms with Gasteiger partial charge in [0.2, 0.25) is 5.91 Å². The Balaban J connectivity index is 1.63. The predicted octanol–water partition coefficient (Wildman–Crippen LogP) is 2.42. The monoisotopic (exact) mass is 352 g/mol. The molecule has 24 heavy (non-hydrogen) atoms. The maximum atomic E-state index is 12.7. The van der Waals surface area contributed by atoms with Crippen molar-refractivity contribution in [3.8, 4) is 5.75 Å². The fourth-order valence-corrected chi connectivity index (χ4v) is 3.75. The number of benzene rings is 1. The van der Waals surface area contributed by atoms with Crippen LogP contribution in [0.2, 0.25) is 5.02 Å². The Hall–Kier alpha value is -1.30. The van der Waals surface area contributed by atoms with Crippen LogP contribution in [0.4, 0.5) is 0 Å². The molecule has 0 radical (unpaired) electrons. The fraction of sp³-hybridized carbons (Fsp3) is 0.611. The van der Waals surface area contributed by atoms with Gasteiger partial charge in [-0.1, -0.05) is 11.6 Å². The SMILES string of the molecule is COc1ccc(Cl)cc1CN1CCC[C@@H](C(=O)N2CCOCC2)C1. The molecule has 1 aromatic rings. The molecule has 0 unspecified atom stereocenters. The van der Waals surface area contributed by atoms with Crippen molar-refractivity contribution in [1.29, 1.82) is 0 Å². The first-order valence-electron chi connectivity index (χ1n) is 8.58. The number of halogens is 1. The van der Waals surface area contributed by atoms with E-state index in [9.17, 15) is 4.79 Å². The van der Waals surface area contributed by atoms with E-state index in [2.05, 4.69) is 4.90 Å². The molecular formula is C18H25ClN2O3. The summed E-state index contributed by atoms with van der Waals surface area (Å²) in [5.74, 6) is 1.21. The topological polar surface area (TPSA) is 42.0 Å². The predicted molar refractivity (Wildman–Crippen MR) is 93.4 cm³/mol. The van der Waals surface area contributed by atoms with E-state index in [0.717, 1.165) is 56.9 Å². The van der Waals surface area contributed by atoms with Gasteiger partial charge in [-0.15, -0.1) is 0 Å². The molecule has 2 saturated heterocycles. The van der Waals surface area contributed by atoms with Crippen molar-refractivity contribution in [3.63, 3.8) is 0 Å². The fourth-order valence-electron chi connectivity index (χ4n) is 3.55. The zero-order valence-electron chi connectivity index (χ0n) is 14.2. The van der Waals surface area contributed by atoms with E-state index >= 15 is 0 Å². The lowest BCUT2D eigenvalue weighted by Gasteiger charge is -2.36.